The van der Waals surface area contributed by atoms with Crippen LogP contribution in [0.4, 0.5) is 0 Å². The van der Waals surface area contributed by atoms with Gasteiger partial charge in [0.05, 0.1) is 0 Å². The van der Waals surface area contributed by atoms with E-state index in [1.54, 1.807) is 0 Å². The highest BCUT2D eigenvalue weighted by Crippen LogP contribution is 2.45. The first-order valence-electron chi connectivity index (χ1n) is 9.43. The van der Waals surface area contributed by atoms with Crippen molar-refractivity contribution in [2.24, 2.45) is 11.8 Å². The van der Waals surface area contributed by atoms with E-state index < -0.39 is 0 Å². The summed E-state index contributed by atoms with van der Waals surface area (Å²) >= 11 is 0. The van der Waals surface area contributed by atoms with Crippen molar-refractivity contribution in [3.8, 4) is 5.75 Å². The molecule has 1 aromatic carbocycles. The second-order valence-corrected chi connectivity index (χ2v) is 7.80. The zero-order chi connectivity index (χ0) is 17.0. The predicted molar refractivity (Wildman–Crippen MR) is 100 cm³/mol. The van der Waals surface area contributed by atoms with Crippen LogP contribution in [0.2, 0.25) is 0 Å². The molecule has 1 aromatic rings. The Morgan fingerprint density at radius 1 is 1.17 bits per heavy atom. The van der Waals surface area contributed by atoms with Crippen LogP contribution in [0.3, 0.4) is 0 Å². The maximum absolute atomic E-state index is 10.7. The third kappa shape index (κ3) is 4.40. The maximum Gasteiger partial charge on any atom is 0.119 e. The molecule has 0 bridgehead atoms. The molecule has 0 aliphatic heterocycles. The van der Waals surface area contributed by atoms with Gasteiger partial charge in [-0.25, -0.2) is 0 Å². The lowest BCUT2D eigenvalue weighted by atomic mass is 9.70. The van der Waals surface area contributed by atoms with Gasteiger partial charge in [-0.2, -0.15) is 0 Å². The van der Waals surface area contributed by atoms with Crippen LogP contribution >= 0.6 is 0 Å². The first kappa shape index (κ1) is 18.1. The summed E-state index contributed by atoms with van der Waals surface area (Å²) in [6.45, 7) is 11.2. The molecule has 0 spiro atoms. The number of unbranched alkanes of at least 4 members (excludes halogenated alkanes) is 2. The fraction of sp³-hybridized carbons (Fsp3) is 0.636. The molecule has 0 aromatic heterocycles. The van der Waals surface area contributed by atoms with Gasteiger partial charge in [-0.05, 0) is 68.6 Å². The van der Waals surface area contributed by atoms with Gasteiger partial charge in [0.2, 0.25) is 0 Å². The van der Waals surface area contributed by atoms with Crippen molar-refractivity contribution < 1.29 is 5.11 Å². The van der Waals surface area contributed by atoms with Crippen LogP contribution in [-0.4, -0.2) is 5.11 Å². The number of allylic oxidation sites excluding steroid dienone is 2. The quantitative estimate of drug-likeness (QED) is 0.467. The van der Waals surface area contributed by atoms with Crippen molar-refractivity contribution in [2.45, 2.75) is 79.1 Å². The monoisotopic (exact) mass is 314 g/mol. The Morgan fingerprint density at radius 2 is 1.91 bits per heavy atom. The molecule has 1 N–H and O–H groups in total. The van der Waals surface area contributed by atoms with Gasteiger partial charge in [-0.3, -0.25) is 0 Å². The smallest absolute Gasteiger partial charge is 0.119 e. The van der Waals surface area contributed by atoms with Crippen LogP contribution in [0.25, 0.3) is 0 Å². The summed E-state index contributed by atoms with van der Waals surface area (Å²) in [5, 5.41) is 10.7. The average Bonchev–Trinajstić information content (AvgIpc) is 2.46. The number of phenolic OH excluding ortho intramolecular Hbond substituents is 1. The summed E-state index contributed by atoms with van der Waals surface area (Å²) < 4.78 is 0. The summed E-state index contributed by atoms with van der Waals surface area (Å²) in [5.74, 6) is 2.17. The Kier molecular flexibility index (Phi) is 6.33. The lowest BCUT2D eigenvalue weighted by Crippen LogP contribution is -2.22. The van der Waals surface area contributed by atoms with E-state index in [1.807, 2.05) is 6.07 Å². The van der Waals surface area contributed by atoms with E-state index in [0.717, 1.165) is 6.42 Å². The minimum absolute atomic E-state index is 0.376. The van der Waals surface area contributed by atoms with Crippen LogP contribution in [0, 0.1) is 18.8 Å². The Labute approximate surface area is 142 Å². The van der Waals surface area contributed by atoms with Gasteiger partial charge in [0.15, 0.2) is 0 Å². The highest BCUT2D eigenvalue weighted by atomic mass is 16.3. The number of aryl methyl sites for hydroxylation is 2. The number of rotatable bonds is 6. The average molecular weight is 315 g/mol. The number of phenols is 1. The molecule has 23 heavy (non-hydrogen) atoms. The number of hydrogen-bond donors (Lipinski definition) is 1. The Balaban J connectivity index is 2.44. The predicted octanol–water partition coefficient (Wildman–Crippen LogP) is 6.53. The number of benzene rings is 1. The normalized spacial score (nSPS) is 21.6. The van der Waals surface area contributed by atoms with Gasteiger partial charge in [0, 0.05) is 11.5 Å². The minimum atomic E-state index is 0.376. The van der Waals surface area contributed by atoms with Crippen molar-refractivity contribution in [1.29, 1.82) is 0 Å². The molecule has 0 unspecified atom stereocenters. The molecule has 0 heterocycles. The molecule has 0 saturated heterocycles. The summed E-state index contributed by atoms with van der Waals surface area (Å²) in [6.07, 6.45) is 9.69. The van der Waals surface area contributed by atoms with E-state index >= 15 is 0 Å². The first-order chi connectivity index (χ1) is 10.9. The van der Waals surface area contributed by atoms with Crippen molar-refractivity contribution in [2.75, 3.05) is 0 Å². The molecule has 0 radical (unpaired) electrons. The van der Waals surface area contributed by atoms with E-state index in [4.69, 9.17) is 0 Å². The van der Waals surface area contributed by atoms with Crippen LogP contribution in [0.1, 0.15) is 82.4 Å². The third-order valence-electron chi connectivity index (χ3n) is 5.42. The number of hydrogen-bond acceptors (Lipinski definition) is 1. The molecule has 1 nitrogen and oxygen atoms in total. The van der Waals surface area contributed by atoms with Crippen molar-refractivity contribution in [3.05, 3.63) is 40.5 Å². The Bertz CT molecular complexity index is 553. The molecular weight excluding hydrogens is 280 g/mol. The van der Waals surface area contributed by atoms with Crippen molar-refractivity contribution in [3.63, 3.8) is 0 Å². The van der Waals surface area contributed by atoms with Crippen molar-refractivity contribution in [1.82, 2.24) is 0 Å². The van der Waals surface area contributed by atoms with Gasteiger partial charge in [0.25, 0.3) is 0 Å². The van der Waals surface area contributed by atoms with E-state index in [9.17, 15) is 5.11 Å². The first-order valence-corrected chi connectivity index (χ1v) is 9.43. The topological polar surface area (TPSA) is 20.2 Å². The Hall–Kier alpha value is -1.24. The van der Waals surface area contributed by atoms with Crippen LogP contribution in [0.15, 0.2) is 23.8 Å². The molecule has 1 heteroatoms. The van der Waals surface area contributed by atoms with Crippen LogP contribution in [0.5, 0.6) is 5.75 Å². The molecule has 1 aliphatic rings. The van der Waals surface area contributed by atoms with E-state index in [-0.39, 0.29) is 0 Å². The minimum Gasteiger partial charge on any atom is -0.508 e. The summed E-state index contributed by atoms with van der Waals surface area (Å²) in [7, 11) is 0. The lowest BCUT2D eigenvalue weighted by Gasteiger charge is -2.34. The van der Waals surface area contributed by atoms with Gasteiger partial charge in [-0.1, -0.05) is 51.3 Å². The second-order valence-electron chi connectivity index (χ2n) is 7.80. The standard InChI is InChI=1S/C22H34O/c1-6-7-8-9-18-12-17(5)14-21(23)22(18)20-13-16(4)10-11-19(20)15(2)3/h12-15,19-20,23H,6-11H2,1-5H3/t19-,20+/m0/s1. The summed E-state index contributed by atoms with van der Waals surface area (Å²) in [4.78, 5) is 0. The molecule has 2 atom stereocenters. The fourth-order valence-corrected chi connectivity index (χ4v) is 4.14. The summed E-state index contributed by atoms with van der Waals surface area (Å²) in [5.41, 5.74) is 5.24. The molecule has 1 aliphatic carbocycles. The van der Waals surface area contributed by atoms with E-state index in [1.165, 1.54) is 54.4 Å². The molecule has 2 rings (SSSR count). The zero-order valence-electron chi connectivity index (χ0n) is 15.7. The largest absolute Gasteiger partial charge is 0.508 e. The molecule has 0 saturated carbocycles. The molecule has 128 valence electrons. The highest BCUT2D eigenvalue weighted by molar-refractivity contribution is 5.48. The SMILES string of the molecule is CCCCCc1cc(C)cc(O)c1[C@@H]1C=C(C)CC[C@H]1C(C)C. The van der Waals surface area contributed by atoms with Gasteiger partial charge in [0.1, 0.15) is 5.75 Å². The van der Waals surface area contributed by atoms with Gasteiger partial charge >= 0.3 is 0 Å². The molecule has 0 amide bonds. The summed E-state index contributed by atoms with van der Waals surface area (Å²) in [6, 6.07) is 4.26. The molecule has 0 fully saturated rings. The van der Waals surface area contributed by atoms with Crippen LogP contribution < -0.4 is 0 Å². The number of aromatic hydroxyl groups is 1. The van der Waals surface area contributed by atoms with Crippen molar-refractivity contribution >= 4 is 0 Å². The van der Waals surface area contributed by atoms with Gasteiger partial charge in [-0.15, -0.1) is 0 Å². The lowest BCUT2D eigenvalue weighted by molar-refractivity contribution is 0.309. The van der Waals surface area contributed by atoms with E-state index in [2.05, 4.69) is 46.8 Å². The highest BCUT2D eigenvalue weighted by Gasteiger charge is 2.30. The second kappa shape index (κ2) is 8.04. The van der Waals surface area contributed by atoms with Gasteiger partial charge < -0.3 is 5.11 Å². The Morgan fingerprint density at radius 3 is 2.57 bits per heavy atom. The zero-order valence-corrected chi connectivity index (χ0v) is 15.7. The third-order valence-corrected chi connectivity index (χ3v) is 5.42. The maximum atomic E-state index is 10.7. The molecular formula is C22H34O. The fourth-order valence-electron chi connectivity index (χ4n) is 4.14. The van der Waals surface area contributed by atoms with Crippen LogP contribution in [-0.2, 0) is 6.42 Å². The van der Waals surface area contributed by atoms with E-state index in [0.29, 0.717) is 23.5 Å².